The minimum Gasteiger partial charge on any atom is -0.444 e. The maximum absolute atomic E-state index is 12.4. The van der Waals surface area contributed by atoms with Crippen LogP contribution in [0.5, 0.6) is 0 Å². The molecule has 0 spiro atoms. The topological polar surface area (TPSA) is 60.4 Å². The predicted molar refractivity (Wildman–Crippen MR) is 124 cm³/mol. The quantitative estimate of drug-likeness (QED) is 0.368. The number of hydrogen-bond donors (Lipinski definition) is 1. The maximum Gasteiger partial charge on any atom is 0.410 e. The Morgan fingerprint density at radius 2 is 1.80 bits per heavy atom. The van der Waals surface area contributed by atoms with E-state index in [0.29, 0.717) is 12.5 Å². The SMILES string of the molecule is CCN(CC1CCN(C(=NC)NCCCCN2CCCC2)CC1)C(=O)OC(C)(C)C. The lowest BCUT2D eigenvalue weighted by Crippen LogP contribution is -2.48. The first-order valence-corrected chi connectivity index (χ1v) is 12.0. The molecule has 0 bridgehead atoms. The average molecular weight is 424 g/mol. The van der Waals surface area contributed by atoms with Gasteiger partial charge in [-0.25, -0.2) is 4.79 Å². The Bertz CT molecular complexity index is 532. The lowest BCUT2D eigenvalue weighted by atomic mass is 9.96. The molecule has 30 heavy (non-hydrogen) atoms. The zero-order valence-electron chi connectivity index (χ0n) is 20.1. The standard InChI is InChI=1S/C23H45N5O2/c1-6-27(22(29)30-23(2,3)4)19-20-11-17-28(18-12-20)21(24-5)25-13-7-8-14-26-15-9-10-16-26/h20H,6-19H2,1-5H3,(H,24,25). The summed E-state index contributed by atoms with van der Waals surface area (Å²) in [6.07, 6.45) is 7.14. The van der Waals surface area contributed by atoms with Crippen LogP contribution in [-0.4, -0.2) is 91.8 Å². The predicted octanol–water partition coefficient (Wildman–Crippen LogP) is 3.41. The van der Waals surface area contributed by atoms with Crippen LogP contribution in [0.25, 0.3) is 0 Å². The Labute approximate surface area is 184 Å². The molecule has 0 aromatic carbocycles. The van der Waals surface area contributed by atoms with E-state index in [1.54, 1.807) is 0 Å². The van der Waals surface area contributed by atoms with Gasteiger partial charge >= 0.3 is 6.09 Å². The summed E-state index contributed by atoms with van der Waals surface area (Å²) in [6.45, 7) is 16.0. The molecule has 2 rings (SSSR count). The lowest BCUT2D eigenvalue weighted by molar-refractivity contribution is 0.0214. The number of amides is 1. The first-order chi connectivity index (χ1) is 14.3. The molecule has 174 valence electrons. The highest BCUT2D eigenvalue weighted by molar-refractivity contribution is 5.79. The zero-order chi connectivity index (χ0) is 22.0. The molecule has 1 amide bonds. The van der Waals surface area contributed by atoms with Crippen molar-refractivity contribution >= 4 is 12.1 Å². The molecular formula is C23H45N5O2. The Morgan fingerprint density at radius 3 is 2.37 bits per heavy atom. The number of piperidine rings is 1. The van der Waals surface area contributed by atoms with Gasteiger partial charge in [-0.05, 0) is 91.8 Å². The normalized spacial score (nSPS) is 19.2. The van der Waals surface area contributed by atoms with E-state index in [1.165, 1.54) is 45.3 Å². The fraction of sp³-hybridized carbons (Fsp3) is 0.913. The molecule has 1 N–H and O–H groups in total. The van der Waals surface area contributed by atoms with Crippen molar-refractivity contribution in [3.63, 3.8) is 0 Å². The maximum atomic E-state index is 12.4. The van der Waals surface area contributed by atoms with E-state index in [4.69, 9.17) is 4.74 Å². The molecule has 7 nitrogen and oxygen atoms in total. The second-order valence-electron chi connectivity index (χ2n) is 9.68. The van der Waals surface area contributed by atoms with Crippen LogP contribution in [0.2, 0.25) is 0 Å². The summed E-state index contributed by atoms with van der Waals surface area (Å²) in [7, 11) is 1.87. The Hall–Kier alpha value is -1.50. The molecule has 0 aliphatic carbocycles. The number of aliphatic imine (C=N–C) groups is 1. The Morgan fingerprint density at radius 1 is 1.13 bits per heavy atom. The largest absolute Gasteiger partial charge is 0.444 e. The molecule has 2 heterocycles. The van der Waals surface area contributed by atoms with Crippen molar-refractivity contribution in [2.24, 2.45) is 10.9 Å². The minimum absolute atomic E-state index is 0.196. The second kappa shape index (κ2) is 12.4. The molecule has 2 aliphatic rings. The molecule has 2 fully saturated rings. The van der Waals surface area contributed by atoms with Gasteiger partial charge < -0.3 is 24.8 Å². The summed E-state index contributed by atoms with van der Waals surface area (Å²) in [5.74, 6) is 1.54. The van der Waals surface area contributed by atoms with Gasteiger partial charge in [0.05, 0.1) is 0 Å². The van der Waals surface area contributed by atoms with E-state index in [9.17, 15) is 4.79 Å². The summed E-state index contributed by atoms with van der Waals surface area (Å²) >= 11 is 0. The molecule has 0 unspecified atom stereocenters. The number of nitrogens with zero attached hydrogens (tertiary/aromatic N) is 4. The first kappa shape index (κ1) is 24.8. The van der Waals surface area contributed by atoms with Crippen molar-refractivity contribution < 1.29 is 9.53 Å². The average Bonchev–Trinajstić information content (AvgIpc) is 3.21. The van der Waals surface area contributed by atoms with Gasteiger partial charge in [-0.15, -0.1) is 0 Å². The van der Waals surface area contributed by atoms with Crippen molar-refractivity contribution in [1.29, 1.82) is 0 Å². The van der Waals surface area contributed by atoms with Crippen LogP contribution in [0, 0.1) is 5.92 Å². The number of rotatable bonds is 8. The van der Waals surface area contributed by atoms with Crippen LogP contribution < -0.4 is 5.32 Å². The number of guanidine groups is 1. The van der Waals surface area contributed by atoms with E-state index in [0.717, 1.165) is 45.0 Å². The highest BCUT2D eigenvalue weighted by Crippen LogP contribution is 2.20. The Kier molecular flexibility index (Phi) is 10.2. The fourth-order valence-corrected chi connectivity index (χ4v) is 4.30. The highest BCUT2D eigenvalue weighted by Gasteiger charge is 2.27. The van der Waals surface area contributed by atoms with Crippen molar-refractivity contribution in [2.45, 2.75) is 71.8 Å². The van der Waals surface area contributed by atoms with Gasteiger partial charge in [-0.1, -0.05) is 0 Å². The monoisotopic (exact) mass is 423 g/mol. The molecule has 2 saturated heterocycles. The summed E-state index contributed by atoms with van der Waals surface area (Å²) in [6, 6.07) is 0. The van der Waals surface area contributed by atoms with E-state index in [1.807, 2.05) is 39.6 Å². The van der Waals surface area contributed by atoms with Crippen molar-refractivity contribution in [3.05, 3.63) is 0 Å². The second-order valence-corrected chi connectivity index (χ2v) is 9.68. The van der Waals surface area contributed by atoms with E-state index in [2.05, 4.69) is 20.1 Å². The summed E-state index contributed by atoms with van der Waals surface area (Å²) < 4.78 is 5.55. The van der Waals surface area contributed by atoms with Crippen LogP contribution >= 0.6 is 0 Å². The van der Waals surface area contributed by atoms with Crippen LogP contribution in [0.15, 0.2) is 4.99 Å². The smallest absolute Gasteiger partial charge is 0.410 e. The molecular weight excluding hydrogens is 378 g/mol. The number of hydrogen-bond acceptors (Lipinski definition) is 4. The summed E-state index contributed by atoms with van der Waals surface area (Å²) in [5, 5.41) is 3.55. The number of carbonyl (C=O) groups is 1. The Balaban J connectivity index is 1.66. The van der Waals surface area contributed by atoms with Gasteiger partial charge in [-0.2, -0.15) is 0 Å². The molecule has 2 aliphatic heterocycles. The highest BCUT2D eigenvalue weighted by atomic mass is 16.6. The van der Waals surface area contributed by atoms with Crippen LogP contribution in [-0.2, 0) is 4.74 Å². The lowest BCUT2D eigenvalue weighted by Gasteiger charge is -2.36. The van der Waals surface area contributed by atoms with Gasteiger partial charge in [0.25, 0.3) is 0 Å². The summed E-state index contributed by atoms with van der Waals surface area (Å²) in [4.78, 5) is 23.7. The fourth-order valence-electron chi connectivity index (χ4n) is 4.30. The van der Waals surface area contributed by atoms with Crippen LogP contribution in [0.3, 0.4) is 0 Å². The first-order valence-electron chi connectivity index (χ1n) is 12.0. The van der Waals surface area contributed by atoms with E-state index >= 15 is 0 Å². The van der Waals surface area contributed by atoms with E-state index in [-0.39, 0.29) is 6.09 Å². The van der Waals surface area contributed by atoms with Crippen LogP contribution in [0.4, 0.5) is 4.79 Å². The van der Waals surface area contributed by atoms with Gasteiger partial charge in [-0.3, -0.25) is 4.99 Å². The van der Waals surface area contributed by atoms with Gasteiger partial charge in [0.1, 0.15) is 5.60 Å². The number of nitrogens with one attached hydrogen (secondary N) is 1. The van der Waals surface area contributed by atoms with Crippen LogP contribution in [0.1, 0.15) is 66.2 Å². The molecule has 7 heteroatoms. The molecule has 0 aromatic heterocycles. The third kappa shape index (κ3) is 8.70. The van der Waals surface area contributed by atoms with Crippen molar-refractivity contribution in [2.75, 3.05) is 59.4 Å². The molecule has 0 radical (unpaired) electrons. The zero-order valence-corrected chi connectivity index (χ0v) is 20.1. The molecule has 0 aromatic rings. The number of carbonyl (C=O) groups excluding carboxylic acids is 1. The molecule has 0 atom stereocenters. The number of likely N-dealkylation sites (tertiary alicyclic amines) is 2. The minimum atomic E-state index is -0.444. The number of unbranched alkanes of at least 4 members (excludes halogenated alkanes) is 1. The van der Waals surface area contributed by atoms with E-state index < -0.39 is 5.60 Å². The third-order valence-electron chi connectivity index (χ3n) is 6.02. The van der Waals surface area contributed by atoms with Gasteiger partial charge in [0.15, 0.2) is 5.96 Å². The van der Waals surface area contributed by atoms with Crippen molar-refractivity contribution in [3.8, 4) is 0 Å². The third-order valence-corrected chi connectivity index (χ3v) is 6.02. The summed E-state index contributed by atoms with van der Waals surface area (Å²) in [5.41, 5.74) is -0.444. The van der Waals surface area contributed by atoms with Gasteiger partial charge in [0.2, 0.25) is 0 Å². The number of ether oxygens (including phenoxy) is 1. The van der Waals surface area contributed by atoms with Gasteiger partial charge in [0, 0.05) is 39.8 Å². The van der Waals surface area contributed by atoms with Crippen molar-refractivity contribution in [1.82, 2.24) is 20.0 Å². The molecule has 0 saturated carbocycles.